The van der Waals surface area contributed by atoms with Gasteiger partial charge < -0.3 is 15.2 Å². The van der Waals surface area contributed by atoms with Gasteiger partial charge in [0, 0.05) is 26.1 Å². The number of ether oxygens (including phenoxy) is 1. The molecule has 1 aliphatic heterocycles. The van der Waals surface area contributed by atoms with Crippen molar-refractivity contribution in [2.45, 2.75) is 18.9 Å². The molecule has 2 N–H and O–H groups in total. The van der Waals surface area contributed by atoms with E-state index in [0.717, 1.165) is 0 Å². The molecule has 0 spiro atoms. The molecule has 11 heavy (non-hydrogen) atoms. The summed E-state index contributed by atoms with van der Waals surface area (Å²) in [6, 6.07) is 0. The van der Waals surface area contributed by atoms with Crippen LogP contribution in [-0.2, 0) is 4.74 Å². The number of nitrogens with one attached hydrogen (secondary N) is 1. The zero-order valence-corrected chi connectivity index (χ0v) is 6.59. The summed E-state index contributed by atoms with van der Waals surface area (Å²) in [4.78, 5) is 0. The molecule has 0 radical (unpaired) electrons. The molecular formula is C7H14FNO2. The first-order valence-corrected chi connectivity index (χ1v) is 3.79. The summed E-state index contributed by atoms with van der Waals surface area (Å²) in [6.07, 6.45) is -1.29. The second-order valence-electron chi connectivity index (χ2n) is 2.88. The number of rotatable bonds is 2. The molecule has 4 heteroatoms. The summed E-state index contributed by atoms with van der Waals surface area (Å²) < 4.78 is 17.4. The minimum Gasteiger partial charge on any atom is -0.368 e. The number of aliphatic hydroxyl groups excluding tert-OH is 1. The van der Waals surface area contributed by atoms with Gasteiger partial charge in [0.2, 0.25) is 0 Å². The molecule has 66 valence electrons. The average molecular weight is 163 g/mol. The van der Waals surface area contributed by atoms with E-state index < -0.39 is 12.5 Å². The molecule has 0 aromatic carbocycles. The van der Waals surface area contributed by atoms with Gasteiger partial charge in [0.25, 0.3) is 0 Å². The fraction of sp³-hybridized carbons (Fsp3) is 1.00. The van der Waals surface area contributed by atoms with E-state index in [1.807, 2.05) is 0 Å². The van der Waals surface area contributed by atoms with E-state index >= 15 is 0 Å². The highest BCUT2D eigenvalue weighted by molar-refractivity contribution is 4.77. The first-order chi connectivity index (χ1) is 5.24. The fourth-order valence-electron chi connectivity index (χ4n) is 1.33. The number of hydrogen-bond acceptors (Lipinski definition) is 3. The van der Waals surface area contributed by atoms with Crippen molar-refractivity contribution in [3.8, 4) is 0 Å². The average Bonchev–Trinajstić information content (AvgIpc) is 2.03. The van der Waals surface area contributed by atoms with Crippen LogP contribution < -0.4 is 5.32 Å². The van der Waals surface area contributed by atoms with Gasteiger partial charge in [0.1, 0.15) is 6.17 Å². The van der Waals surface area contributed by atoms with Crippen molar-refractivity contribution in [3.05, 3.63) is 0 Å². The fourth-order valence-corrected chi connectivity index (χ4v) is 1.33. The molecule has 1 fully saturated rings. The Morgan fingerprint density at radius 1 is 1.64 bits per heavy atom. The lowest BCUT2D eigenvalue weighted by Crippen LogP contribution is -2.42. The third kappa shape index (κ3) is 2.39. The summed E-state index contributed by atoms with van der Waals surface area (Å²) in [6.45, 7) is 1.03. The van der Waals surface area contributed by atoms with Gasteiger partial charge in [-0.15, -0.1) is 0 Å². The SMILES string of the molecule is COC(O)C1CNCC(F)C1. The molecule has 0 bridgehead atoms. The number of hydrogen-bond donors (Lipinski definition) is 2. The van der Waals surface area contributed by atoms with E-state index in [-0.39, 0.29) is 5.92 Å². The molecular weight excluding hydrogens is 149 g/mol. The van der Waals surface area contributed by atoms with Gasteiger partial charge in [-0.25, -0.2) is 4.39 Å². The van der Waals surface area contributed by atoms with Gasteiger partial charge in [-0.2, -0.15) is 0 Å². The normalized spacial score (nSPS) is 35.2. The second kappa shape index (κ2) is 3.99. The summed E-state index contributed by atoms with van der Waals surface area (Å²) >= 11 is 0. The van der Waals surface area contributed by atoms with Gasteiger partial charge in [-0.1, -0.05) is 0 Å². The van der Waals surface area contributed by atoms with Crippen molar-refractivity contribution in [1.82, 2.24) is 5.32 Å². The standard InChI is InChI=1S/C7H14FNO2/c1-11-7(10)5-2-6(8)4-9-3-5/h5-7,9-10H,2-4H2,1H3. The first kappa shape index (κ1) is 8.90. The molecule has 1 saturated heterocycles. The number of aliphatic hydroxyl groups is 1. The predicted octanol–water partition coefficient (Wildman–Crippen LogP) is -0.101. The molecule has 0 aromatic heterocycles. The Morgan fingerprint density at radius 3 is 2.91 bits per heavy atom. The third-order valence-electron chi connectivity index (χ3n) is 1.98. The van der Waals surface area contributed by atoms with Crippen molar-refractivity contribution in [1.29, 1.82) is 0 Å². The Kier molecular flexibility index (Phi) is 3.23. The number of alkyl halides is 1. The van der Waals surface area contributed by atoms with E-state index in [4.69, 9.17) is 0 Å². The smallest absolute Gasteiger partial charge is 0.158 e. The molecule has 1 aliphatic rings. The highest BCUT2D eigenvalue weighted by atomic mass is 19.1. The zero-order valence-electron chi connectivity index (χ0n) is 6.59. The van der Waals surface area contributed by atoms with Gasteiger partial charge in [0.15, 0.2) is 6.29 Å². The lowest BCUT2D eigenvalue weighted by molar-refractivity contribution is -0.121. The number of methoxy groups -OCH3 is 1. The summed E-state index contributed by atoms with van der Waals surface area (Å²) in [5.74, 6) is -0.108. The van der Waals surface area contributed by atoms with Crippen LogP contribution in [0.1, 0.15) is 6.42 Å². The predicted molar refractivity (Wildman–Crippen MR) is 38.9 cm³/mol. The molecule has 0 aromatic rings. The lowest BCUT2D eigenvalue weighted by atomic mass is 9.98. The summed E-state index contributed by atoms with van der Waals surface area (Å²) in [5.41, 5.74) is 0. The quantitative estimate of drug-likeness (QED) is 0.558. The largest absolute Gasteiger partial charge is 0.368 e. The van der Waals surface area contributed by atoms with Crippen LogP contribution in [0.4, 0.5) is 4.39 Å². The molecule has 3 nitrogen and oxygen atoms in total. The van der Waals surface area contributed by atoms with Gasteiger partial charge in [-0.05, 0) is 6.42 Å². The van der Waals surface area contributed by atoms with Crippen LogP contribution in [0.15, 0.2) is 0 Å². The third-order valence-corrected chi connectivity index (χ3v) is 1.98. The van der Waals surface area contributed by atoms with E-state index in [1.165, 1.54) is 7.11 Å². The monoisotopic (exact) mass is 163 g/mol. The first-order valence-electron chi connectivity index (χ1n) is 3.79. The molecule has 1 rings (SSSR count). The molecule has 3 atom stereocenters. The molecule has 0 saturated carbocycles. The Morgan fingerprint density at radius 2 is 2.36 bits per heavy atom. The Hall–Kier alpha value is -0.190. The van der Waals surface area contributed by atoms with Crippen molar-refractivity contribution in [3.63, 3.8) is 0 Å². The van der Waals surface area contributed by atoms with Crippen molar-refractivity contribution >= 4 is 0 Å². The maximum Gasteiger partial charge on any atom is 0.158 e. The van der Waals surface area contributed by atoms with E-state index in [1.54, 1.807) is 0 Å². The van der Waals surface area contributed by atoms with Crippen LogP contribution in [0.3, 0.4) is 0 Å². The van der Waals surface area contributed by atoms with Crippen molar-refractivity contribution in [2.24, 2.45) is 5.92 Å². The van der Waals surface area contributed by atoms with Crippen molar-refractivity contribution < 1.29 is 14.2 Å². The van der Waals surface area contributed by atoms with Crippen LogP contribution in [0.2, 0.25) is 0 Å². The van der Waals surface area contributed by atoms with Gasteiger partial charge in [-0.3, -0.25) is 0 Å². The second-order valence-corrected chi connectivity index (χ2v) is 2.88. The highest BCUT2D eigenvalue weighted by Gasteiger charge is 2.26. The lowest BCUT2D eigenvalue weighted by Gasteiger charge is -2.28. The van der Waals surface area contributed by atoms with E-state index in [0.29, 0.717) is 19.5 Å². The molecule has 1 heterocycles. The van der Waals surface area contributed by atoms with Crippen LogP contribution >= 0.6 is 0 Å². The number of piperidine rings is 1. The number of halogens is 1. The van der Waals surface area contributed by atoms with Gasteiger partial charge in [0.05, 0.1) is 0 Å². The summed E-state index contributed by atoms with van der Waals surface area (Å²) in [5, 5.41) is 12.1. The molecule has 3 unspecified atom stereocenters. The van der Waals surface area contributed by atoms with Crippen LogP contribution in [0.25, 0.3) is 0 Å². The Balaban J connectivity index is 2.33. The Labute approximate surface area is 65.5 Å². The minimum atomic E-state index is -0.849. The topological polar surface area (TPSA) is 41.5 Å². The van der Waals surface area contributed by atoms with E-state index in [2.05, 4.69) is 10.1 Å². The maximum absolute atomic E-state index is 12.7. The van der Waals surface area contributed by atoms with Crippen LogP contribution in [0.5, 0.6) is 0 Å². The van der Waals surface area contributed by atoms with Crippen LogP contribution in [0, 0.1) is 5.92 Å². The molecule has 0 aliphatic carbocycles. The zero-order chi connectivity index (χ0) is 8.27. The maximum atomic E-state index is 12.7. The van der Waals surface area contributed by atoms with E-state index in [9.17, 15) is 9.50 Å². The Bertz CT molecular complexity index is 123. The summed E-state index contributed by atoms with van der Waals surface area (Å²) in [7, 11) is 1.42. The van der Waals surface area contributed by atoms with Crippen LogP contribution in [-0.4, -0.2) is 37.8 Å². The minimum absolute atomic E-state index is 0.108. The molecule has 0 amide bonds. The van der Waals surface area contributed by atoms with Crippen molar-refractivity contribution in [2.75, 3.05) is 20.2 Å². The highest BCUT2D eigenvalue weighted by Crippen LogP contribution is 2.17. The van der Waals surface area contributed by atoms with Gasteiger partial charge >= 0.3 is 0 Å².